The third-order valence-corrected chi connectivity index (χ3v) is 5.39. The zero-order valence-electron chi connectivity index (χ0n) is 16.0. The first-order valence-corrected chi connectivity index (χ1v) is 9.42. The van der Waals surface area contributed by atoms with Crippen LogP contribution >= 0.6 is 0 Å². The van der Waals surface area contributed by atoms with Crippen molar-refractivity contribution in [2.24, 2.45) is 5.92 Å². The Bertz CT molecular complexity index is 687. The van der Waals surface area contributed by atoms with Gasteiger partial charge >= 0.3 is 6.03 Å². The van der Waals surface area contributed by atoms with Crippen LogP contribution in [0, 0.1) is 5.92 Å². The van der Waals surface area contributed by atoms with Crippen LogP contribution < -0.4 is 10.1 Å². The van der Waals surface area contributed by atoms with E-state index >= 15 is 0 Å². The lowest BCUT2D eigenvalue weighted by Gasteiger charge is -2.33. The van der Waals surface area contributed by atoms with Crippen LogP contribution in [0.4, 0.5) is 4.79 Å². The van der Waals surface area contributed by atoms with Crippen molar-refractivity contribution < 1.29 is 14.3 Å². The molecule has 1 heterocycles. The molecule has 0 aromatic heterocycles. The first kappa shape index (κ1) is 18.5. The molecule has 0 saturated carbocycles. The highest BCUT2D eigenvalue weighted by molar-refractivity contribution is 5.80. The first-order chi connectivity index (χ1) is 12.5. The fourth-order valence-electron chi connectivity index (χ4n) is 3.96. The number of hydrogen-bond donors (Lipinski definition) is 1. The number of methoxy groups -OCH3 is 1. The summed E-state index contributed by atoms with van der Waals surface area (Å²) in [6, 6.07) is 4.26. The standard InChI is InChI=1S/C20H29N3O3/c1-22(2)20(25)23-9-5-8-16(13-23)19(24)21-12-17-10-14-6-4-7-15(14)11-18(17)26-3/h10-11,16H,4-9,12-13H2,1-3H3,(H,21,24)/t16-/m1/s1. The molecule has 3 amide bonds. The van der Waals surface area contributed by atoms with E-state index in [4.69, 9.17) is 4.74 Å². The molecule has 0 radical (unpaired) electrons. The number of rotatable bonds is 4. The highest BCUT2D eigenvalue weighted by atomic mass is 16.5. The third-order valence-electron chi connectivity index (χ3n) is 5.39. The molecule has 6 nitrogen and oxygen atoms in total. The van der Waals surface area contributed by atoms with E-state index in [0.717, 1.165) is 43.5 Å². The van der Waals surface area contributed by atoms with Gasteiger partial charge < -0.3 is 19.9 Å². The SMILES string of the molecule is COc1cc2c(cc1CNC(=O)[C@@H]1CCCN(C(=O)N(C)C)C1)CCC2. The maximum absolute atomic E-state index is 12.6. The summed E-state index contributed by atoms with van der Waals surface area (Å²) >= 11 is 0. The van der Waals surface area contributed by atoms with Crippen molar-refractivity contribution >= 4 is 11.9 Å². The number of hydrogen-bond acceptors (Lipinski definition) is 3. The van der Waals surface area contributed by atoms with Crippen molar-refractivity contribution in [3.63, 3.8) is 0 Å². The van der Waals surface area contributed by atoms with E-state index in [-0.39, 0.29) is 17.9 Å². The maximum Gasteiger partial charge on any atom is 0.319 e. The summed E-state index contributed by atoms with van der Waals surface area (Å²) in [5.41, 5.74) is 3.76. The summed E-state index contributed by atoms with van der Waals surface area (Å²) in [6.45, 7) is 1.68. The average molecular weight is 359 g/mol. The summed E-state index contributed by atoms with van der Waals surface area (Å²) < 4.78 is 5.51. The van der Waals surface area contributed by atoms with Gasteiger partial charge in [0.2, 0.25) is 5.91 Å². The van der Waals surface area contributed by atoms with Crippen molar-refractivity contribution in [3.8, 4) is 5.75 Å². The number of nitrogens with one attached hydrogen (secondary N) is 1. The Labute approximate surface area is 155 Å². The van der Waals surface area contributed by atoms with Crippen LogP contribution in [-0.2, 0) is 24.2 Å². The topological polar surface area (TPSA) is 61.9 Å². The lowest BCUT2D eigenvalue weighted by atomic mass is 9.97. The Balaban J connectivity index is 1.61. The van der Waals surface area contributed by atoms with E-state index in [1.165, 1.54) is 17.5 Å². The molecular weight excluding hydrogens is 330 g/mol. The van der Waals surface area contributed by atoms with Crippen molar-refractivity contribution in [2.75, 3.05) is 34.3 Å². The van der Waals surface area contributed by atoms with Gasteiger partial charge in [0, 0.05) is 39.3 Å². The average Bonchev–Trinajstić information content (AvgIpc) is 3.11. The summed E-state index contributed by atoms with van der Waals surface area (Å²) in [7, 11) is 5.16. The Morgan fingerprint density at radius 3 is 2.65 bits per heavy atom. The minimum Gasteiger partial charge on any atom is -0.496 e. The number of benzene rings is 1. The van der Waals surface area contributed by atoms with Crippen molar-refractivity contribution in [3.05, 3.63) is 28.8 Å². The number of likely N-dealkylation sites (tertiary alicyclic amines) is 1. The monoisotopic (exact) mass is 359 g/mol. The van der Waals surface area contributed by atoms with Gasteiger partial charge in [0.15, 0.2) is 0 Å². The smallest absolute Gasteiger partial charge is 0.319 e. The minimum atomic E-state index is -0.145. The summed E-state index contributed by atoms with van der Waals surface area (Å²) in [4.78, 5) is 28.1. The Morgan fingerprint density at radius 1 is 1.23 bits per heavy atom. The molecule has 1 aliphatic carbocycles. The highest BCUT2D eigenvalue weighted by Crippen LogP contribution is 2.30. The second kappa shape index (κ2) is 7.98. The molecule has 0 bridgehead atoms. The van der Waals surface area contributed by atoms with Gasteiger partial charge in [-0.1, -0.05) is 6.07 Å². The lowest BCUT2D eigenvalue weighted by molar-refractivity contribution is -0.126. The number of carbonyl (C=O) groups is 2. The largest absolute Gasteiger partial charge is 0.496 e. The maximum atomic E-state index is 12.6. The normalized spacial score (nSPS) is 19.0. The molecule has 0 spiro atoms. The molecule has 1 N–H and O–H groups in total. The van der Waals surface area contributed by atoms with Gasteiger partial charge in [0.1, 0.15) is 5.75 Å². The van der Waals surface area contributed by atoms with Gasteiger partial charge in [-0.2, -0.15) is 0 Å². The predicted octanol–water partition coefficient (Wildman–Crippen LogP) is 2.19. The Kier molecular flexibility index (Phi) is 5.69. The number of aryl methyl sites for hydroxylation is 2. The van der Waals surface area contributed by atoms with Crippen LogP contribution in [0.5, 0.6) is 5.75 Å². The molecule has 3 rings (SSSR count). The van der Waals surface area contributed by atoms with Crippen molar-refractivity contribution in [1.82, 2.24) is 15.1 Å². The number of urea groups is 1. The van der Waals surface area contributed by atoms with E-state index in [0.29, 0.717) is 13.1 Å². The Morgan fingerprint density at radius 2 is 1.96 bits per heavy atom. The van der Waals surface area contributed by atoms with Crippen LogP contribution in [0.1, 0.15) is 36.0 Å². The van der Waals surface area contributed by atoms with E-state index in [9.17, 15) is 9.59 Å². The van der Waals surface area contributed by atoms with E-state index in [1.54, 1.807) is 31.0 Å². The number of carbonyl (C=O) groups excluding carboxylic acids is 2. The highest BCUT2D eigenvalue weighted by Gasteiger charge is 2.29. The van der Waals surface area contributed by atoms with Gasteiger partial charge in [-0.25, -0.2) is 4.79 Å². The zero-order chi connectivity index (χ0) is 18.7. The van der Waals surface area contributed by atoms with Crippen LogP contribution in [-0.4, -0.2) is 56.0 Å². The molecular formula is C20H29N3O3. The first-order valence-electron chi connectivity index (χ1n) is 9.42. The van der Waals surface area contributed by atoms with Gasteiger partial charge in [-0.3, -0.25) is 4.79 Å². The van der Waals surface area contributed by atoms with Gasteiger partial charge in [-0.05, 0) is 49.3 Å². The molecule has 1 aromatic rings. The van der Waals surface area contributed by atoms with E-state index < -0.39 is 0 Å². The molecule has 1 saturated heterocycles. The minimum absolute atomic E-state index is 0.0174. The number of fused-ring (bicyclic) bond motifs is 1. The molecule has 26 heavy (non-hydrogen) atoms. The Hall–Kier alpha value is -2.24. The molecule has 6 heteroatoms. The fraction of sp³-hybridized carbons (Fsp3) is 0.600. The summed E-state index contributed by atoms with van der Waals surface area (Å²) in [5, 5.41) is 3.05. The molecule has 142 valence electrons. The van der Waals surface area contributed by atoms with Crippen LogP contribution in [0.25, 0.3) is 0 Å². The number of piperidine rings is 1. The second-order valence-electron chi connectivity index (χ2n) is 7.47. The third kappa shape index (κ3) is 3.94. The van der Waals surface area contributed by atoms with Crippen molar-refractivity contribution in [1.29, 1.82) is 0 Å². The molecule has 0 unspecified atom stereocenters. The number of amides is 3. The molecule has 1 fully saturated rings. The number of nitrogens with zero attached hydrogens (tertiary/aromatic N) is 2. The fourth-order valence-corrected chi connectivity index (χ4v) is 3.96. The predicted molar refractivity (Wildman–Crippen MR) is 100 cm³/mol. The van der Waals surface area contributed by atoms with E-state index in [2.05, 4.69) is 17.4 Å². The quantitative estimate of drug-likeness (QED) is 0.896. The van der Waals surface area contributed by atoms with Gasteiger partial charge in [0.25, 0.3) is 0 Å². The molecule has 1 aromatic carbocycles. The van der Waals surface area contributed by atoms with Gasteiger partial charge in [-0.15, -0.1) is 0 Å². The van der Waals surface area contributed by atoms with Crippen LogP contribution in [0.15, 0.2) is 12.1 Å². The molecule has 1 aliphatic heterocycles. The zero-order valence-corrected chi connectivity index (χ0v) is 16.0. The summed E-state index contributed by atoms with van der Waals surface area (Å²) in [5.74, 6) is 0.718. The van der Waals surface area contributed by atoms with Crippen LogP contribution in [0.3, 0.4) is 0 Å². The van der Waals surface area contributed by atoms with E-state index in [1.807, 2.05) is 0 Å². The second-order valence-corrected chi connectivity index (χ2v) is 7.47. The van der Waals surface area contributed by atoms with Gasteiger partial charge in [0.05, 0.1) is 13.0 Å². The molecule has 1 atom stereocenters. The number of ether oxygens (including phenoxy) is 1. The lowest BCUT2D eigenvalue weighted by Crippen LogP contribution is -2.48. The van der Waals surface area contributed by atoms with Crippen LogP contribution in [0.2, 0.25) is 0 Å². The molecule has 2 aliphatic rings. The van der Waals surface area contributed by atoms with Crippen molar-refractivity contribution in [2.45, 2.75) is 38.6 Å². The summed E-state index contributed by atoms with van der Waals surface area (Å²) in [6.07, 6.45) is 5.08.